The van der Waals surface area contributed by atoms with Gasteiger partial charge in [0.2, 0.25) is 0 Å². The van der Waals surface area contributed by atoms with E-state index in [0.29, 0.717) is 36.0 Å². The first-order chi connectivity index (χ1) is 18.6. The maximum Gasteiger partial charge on any atom is 0.335 e. The smallest absolute Gasteiger partial charge is 0.335 e. The minimum Gasteiger partial charge on any atom is -0.494 e. The summed E-state index contributed by atoms with van der Waals surface area (Å²) in [4.78, 5) is 23.5. The first kappa shape index (κ1) is 23.6. The van der Waals surface area contributed by atoms with Crippen molar-refractivity contribution in [3.63, 3.8) is 0 Å². The number of morpholine rings is 1. The van der Waals surface area contributed by atoms with Crippen molar-refractivity contribution in [1.29, 1.82) is 0 Å². The minimum atomic E-state index is -0.975. The van der Waals surface area contributed by atoms with Gasteiger partial charge in [-0.25, -0.2) is 19.3 Å². The molecule has 0 radical (unpaired) electrons. The Labute approximate surface area is 218 Å². The average molecular weight is 508 g/mol. The van der Waals surface area contributed by atoms with Crippen molar-refractivity contribution >= 4 is 40.4 Å². The Hall–Kier alpha value is -4.76. The Morgan fingerprint density at radius 2 is 1.76 bits per heavy atom. The molecule has 9 nitrogen and oxygen atoms in total. The van der Waals surface area contributed by atoms with Gasteiger partial charge in [0.25, 0.3) is 0 Å². The van der Waals surface area contributed by atoms with Crippen molar-refractivity contribution < 1.29 is 19.4 Å². The van der Waals surface area contributed by atoms with Crippen molar-refractivity contribution in [2.45, 2.75) is 0 Å². The Bertz CT molecular complexity index is 1670. The Morgan fingerprint density at radius 3 is 2.53 bits per heavy atom. The maximum atomic E-state index is 11.4. The van der Waals surface area contributed by atoms with Gasteiger partial charge in [0, 0.05) is 24.0 Å². The summed E-state index contributed by atoms with van der Waals surface area (Å²) >= 11 is 0. The van der Waals surface area contributed by atoms with Gasteiger partial charge in [-0.2, -0.15) is 5.10 Å². The second kappa shape index (κ2) is 9.95. The van der Waals surface area contributed by atoms with Crippen molar-refractivity contribution in [3.05, 3.63) is 83.8 Å². The van der Waals surface area contributed by atoms with E-state index in [1.807, 2.05) is 53.1 Å². The summed E-state index contributed by atoms with van der Waals surface area (Å²) in [5.74, 6) is -0.319. The number of ether oxygens (including phenoxy) is 2. The van der Waals surface area contributed by atoms with Crippen LogP contribution in [0.1, 0.15) is 21.7 Å². The summed E-state index contributed by atoms with van der Waals surface area (Å²) in [6, 6.07) is 18.6. The zero-order valence-corrected chi connectivity index (χ0v) is 20.7. The number of hydrogen-bond acceptors (Lipinski definition) is 7. The van der Waals surface area contributed by atoms with Crippen LogP contribution < -0.4 is 9.64 Å². The summed E-state index contributed by atoms with van der Waals surface area (Å²) < 4.78 is 13.0. The van der Waals surface area contributed by atoms with E-state index in [9.17, 15) is 9.90 Å². The molecule has 190 valence electrons. The maximum absolute atomic E-state index is 11.4. The lowest BCUT2D eigenvalue weighted by atomic mass is 10.1. The van der Waals surface area contributed by atoms with Gasteiger partial charge in [-0.05, 0) is 42.5 Å². The third-order valence-electron chi connectivity index (χ3n) is 6.62. The normalized spacial score (nSPS) is 14.0. The molecule has 0 aliphatic carbocycles. The fourth-order valence-corrected chi connectivity index (χ4v) is 4.71. The summed E-state index contributed by atoms with van der Waals surface area (Å²) in [6.07, 6.45) is 5.55. The molecule has 0 saturated carbocycles. The van der Waals surface area contributed by atoms with Gasteiger partial charge in [-0.1, -0.05) is 30.3 Å². The van der Waals surface area contributed by atoms with Crippen LogP contribution >= 0.6 is 0 Å². The minimum absolute atomic E-state index is 0.215. The highest BCUT2D eigenvalue weighted by Gasteiger charge is 2.21. The first-order valence-corrected chi connectivity index (χ1v) is 12.3. The number of nitrogens with zero attached hydrogens (tertiary/aromatic N) is 5. The number of pyridine rings is 1. The van der Waals surface area contributed by atoms with Gasteiger partial charge in [-0.3, -0.25) is 0 Å². The molecule has 1 aliphatic rings. The van der Waals surface area contributed by atoms with Gasteiger partial charge >= 0.3 is 5.97 Å². The average Bonchev–Trinajstić information content (AvgIpc) is 3.34. The van der Waals surface area contributed by atoms with Gasteiger partial charge < -0.3 is 19.5 Å². The summed E-state index contributed by atoms with van der Waals surface area (Å²) in [7, 11) is 1.63. The number of anilines is 1. The standard InChI is InChI=1S/C29H25N5O4/c1-37-26-18-21-4-2-3-5-22(21)31-23(26)10-11-24-27(19-6-8-20(9-7-19)29(35)36)34-28(32-24)25(12-13-30-34)33-14-16-38-17-15-33/h2-13,18H,14-17H2,1H3,(H,35,36)/b11-10+. The largest absolute Gasteiger partial charge is 0.494 e. The molecule has 1 fully saturated rings. The number of rotatable bonds is 6. The van der Waals surface area contributed by atoms with Crippen molar-refractivity contribution in [3.8, 4) is 17.0 Å². The molecular formula is C29H25N5O4. The molecule has 38 heavy (non-hydrogen) atoms. The number of fused-ring (bicyclic) bond motifs is 2. The molecule has 2 aromatic carbocycles. The zero-order valence-electron chi connectivity index (χ0n) is 20.7. The van der Waals surface area contributed by atoms with E-state index in [4.69, 9.17) is 19.4 Å². The molecule has 4 heterocycles. The molecule has 0 atom stereocenters. The number of hydrogen-bond donors (Lipinski definition) is 1. The summed E-state index contributed by atoms with van der Waals surface area (Å²) in [5, 5.41) is 15.0. The van der Waals surface area contributed by atoms with Crippen LogP contribution in [0.2, 0.25) is 0 Å². The Morgan fingerprint density at radius 1 is 1.00 bits per heavy atom. The monoisotopic (exact) mass is 507 g/mol. The second-order valence-electron chi connectivity index (χ2n) is 8.88. The number of carboxylic acid groups (broad SMARTS) is 1. The van der Waals surface area contributed by atoms with E-state index in [0.717, 1.165) is 40.9 Å². The quantitative estimate of drug-likeness (QED) is 0.354. The van der Waals surface area contributed by atoms with Crippen LogP contribution in [0.5, 0.6) is 5.75 Å². The number of methoxy groups -OCH3 is 1. The van der Waals surface area contributed by atoms with Crippen molar-refractivity contribution in [2.24, 2.45) is 0 Å². The van der Waals surface area contributed by atoms with Gasteiger partial charge in [0.1, 0.15) is 17.1 Å². The van der Waals surface area contributed by atoms with E-state index >= 15 is 0 Å². The van der Waals surface area contributed by atoms with Crippen LogP contribution in [-0.2, 0) is 4.74 Å². The van der Waals surface area contributed by atoms with E-state index in [2.05, 4.69) is 10.00 Å². The van der Waals surface area contributed by atoms with Crippen LogP contribution in [0.25, 0.3) is 40.0 Å². The highest BCUT2D eigenvalue weighted by Crippen LogP contribution is 2.32. The number of benzene rings is 2. The highest BCUT2D eigenvalue weighted by atomic mass is 16.5. The van der Waals surface area contributed by atoms with Crippen molar-refractivity contribution in [1.82, 2.24) is 19.6 Å². The Balaban J connectivity index is 1.51. The highest BCUT2D eigenvalue weighted by molar-refractivity contribution is 5.90. The van der Waals surface area contributed by atoms with Crippen LogP contribution in [-0.4, -0.2) is 64.1 Å². The SMILES string of the molecule is COc1cc2ccccc2nc1/C=C/c1nc2c(N3CCOCC3)ccnn2c1-c1ccc(C(=O)O)cc1. The summed E-state index contributed by atoms with van der Waals surface area (Å²) in [6.45, 7) is 2.83. The molecule has 9 heteroatoms. The Kier molecular flexibility index (Phi) is 6.19. The number of imidazole rings is 1. The molecule has 1 N–H and O–H groups in total. The second-order valence-corrected chi connectivity index (χ2v) is 8.88. The predicted molar refractivity (Wildman–Crippen MR) is 146 cm³/mol. The van der Waals surface area contributed by atoms with Gasteiger partial charge in [0.05, 0.1) is 49.0 Å². The molecular weight excluding hydrogens is 482 g/mol. The van der Waals surface area contributed by atoms with Crippen LogP contribution in [0.4, 0.5) is 5.69 Å². The molecule has 3 aromatic heterocycles. The van der Waals surface area contributed by atoms with Crippen LogP contribution in [0.15, 0.2) is 66.9 Å². The lowest BCUT2D eigenvalue weighted by molar-refractivity contribution is 0.0697. The molecule has 1 aliphatic heterocycles. The predicted octanol–water partition coefficient (Wildman–Crippen LogP) is 4.66. The molecule has 0 spiro atoms. The van der Waals surface area contributed by atoms with E-state index in [1.165, 1.54) is 0 Å². The molecule has 1 saturated heterocycles. The number of aromatic nitrogens is 4. The molecule has 0 unspecified atom stereocenters. The number of carboxylic acids is 1. The lowest BCUT2D eigenvalue weighted by Crippen LogP contribution is -2.36. The summed E-state index contributed by atoms with van der Waals surface area (Å²) in [5.41, 5.74) is 5.67. The first-order valence-electron chi connectivity index (χ1n) is 12.3. The van der Waals surface area contributed by atoms with E-state index < -0.39 is 5.97 Å². The fourth-order valence-electron chi connectivity index (χ4n) is 4.71. The van der Waals surface area contributed by atoms with Crippen LogP contribution in [0.3, 0.4) is 0 Å². The van der Waals surface area contributed by atoms with Crippen LogP contribution in [0, 0.1) is 0 Å². The third-order valence-corrected chi connectivity index (χ3v) is 6.62. The fraction of sp³-hybridized carbons (Fsp3) is 0.172. The number of para-hydroxylation sites is 1. The lowest BCUT2D eigenvalue weighted by Gasteiger charge is -2.28. The zero-order chi connectivity index (χ0) is 26.1. The van der Waals surface area contributed by atoms with Crippen molar-refractivity contribution in [2.75, 3.05) is 38.3 Å². The van der Waals surface area contributed by atoms with Gasteiger partial charge in [0.15, 0.2) is 5.65 Å². The molecule has 0 bridgehead atoms. The third kappa shape index (κ3) is 4.33. The molecule has 5 aromatic rings. The number of aromatic carboxylic acids is 1. The topological polar surface area (TPSA) is 102 Å². The van der Waals surface area contributed by atoms with Gasteiger partial charge in [-0.15, -0.1) is 0 Å². The van der Waals surface area contributed by atoms with E-state index in [1.54, 1.807) is 37.6 Å². The molecule has 0 amide bonds. The number of carbonyl (C=O) groups is 1. The van der Waals surface area contributed by atoms with E-state index in [-0.39, 0.29) is 5.56 Å². The molecule has 6 rings (SSSR count).